The van der Waals surface area contributed by atoms with Gasteiger partial charge in [-0.15, -0.1) is 0 Å². The van der Waals surface area contributed by atoms with E-state index < -0.39 is 0 Å². The minimum absolute atomic E-state index is 0.556. The molecule has 0 radical (unpaired) electrons. The van der Waals surface area contributed by atoms with Gasteiger partial charge in [0, 0.05) is 12.6 Å². The number of nitrogens with two attached hydrogens (primary N) is 1. The third-order valence-electron chi connectivity index (χ3n) is 3.97. The summed E-state index contributed by atoms with van der Waals surface area (Å²) in [6.45, 7) is 4.35. The Bertz CT molecular complexity index is 254. The lowest BCUT2D eigenvalue weighted by Gasteiger charge is -2.24. The number of likely N-dealkylation sites (tertiary alicyclic amines) is 1. The molecule has 2 fully saturated rings. The average Bonchev–Trinajstić information content (AvgIpc) is 2.92. The molecule has 18 heavy (non-hydrogen) atoms. The summed E-state index contributed by atoms with van der Waals surface area (Å²) in [7, 11) is 0. The topological polar surface area (TPSA) is 65.7 Å². The second kappa shape index (κ2) is 7.59. The fraction of sp³-hybridized carbons (Fsp3) is 0.923. The maximum Gasteiger partial charge on any atom is 0.205 e. The largest absolute Gasteiger partial charge is 0.353 e. The van der Waals surface area contributed by atoms with Crippen molar-refractivity contribution >= 4 is 5.96 Å². The van der Waals surface area contributed by atoms with Crippen LogP contribution in [0.3, 0.4) is 0 Å². The molecule has 0 atom stereocenters. The molecule has 0 aromatic rings. The lowest BCUT2D eigenvalue weighted by atomic mass is 9.96. The van der Waals surface area contributed by atoms with E-state index in [0.717, 1.165) is 19.0 Å². The number of aliphatic imine (C=N–C) groups is 1. The maximum absolute atomic E-state index is 5.53. The van der Waals surface area contributed by atoms with E-state index in [4.69, 9.17) is 5.84 Å². The van der Waals surface area contributed by atoms with E-state index in [-0.39, 0.29) is 0 Å². The summed E-state index contributed by atoms with van der Waals surface area (Å²) in [6.07, 6.45) is 9.18. The van der Waals surface area contributed by atoms with Crippen molar-refractivity contribution in [2.24, 2.45) is 10.8 Å². The highest BCUT2D eigenvalue weighted by Crippen LogP contribution is 2.17. The van der Waals surface area contributed by atoms with Crippen molar-refractivity contribution in [2.75, 3.05) is 26.2 Å². The predicted molar refractivity (Wildman–Crippen MR) is 75.3 cm³/mol. The summed E-state index contributed by atoms with van der Waals surface area (Å²) >= 11 is 0. The van der Waals surface area contributed by atoms with E-state index in [0.29, 0.717) is 6.04 Å². The van der Waals surface area contributed by atoms with Gasteiger partial charge in [-0.05, 0) is 38.8 Å². The summed E-state index contributed by atoms with van der Waals surface area (Å²) < 4.78 is 0. The average molecular weight is 253 g/mol. The lowest BCUT2D eigenvalue weighted by Crippen LogP contribution is -2.47. The van der Waals surface area contributed by atoms with E-state index in [2.05, 4.69) is 20.6 Å². The monoisotopic (exact) mass is 253 g/mol. The van der Waals surface area contributed by atoms with Crippen LogP contribution in [0.4, 0.5) is 0 Å². The van der Waals surface area contributed by atoms with E-state index in [1.54, 1.807) is 0 Å². The predicted octanol–water partition coefficient (Wildman–Crippen LogP) is 0.824. The first kappa shape index (κ1) is 13.6. The van der Waals surface area contributed by atoms with Gasteiger partial charge in [0.05, 0.1) is 6.54 Å². The van der Waals surface area contributed by atoms with Crippen LogP contribution in [-0.2, 0) is 0 Å². The highest BCUT2D eigenvalue weighted by atomic mass is 15.3. The molecule has 5 heteroatoms. The van der Waals surface area contributed by atoms with E-state index in [9.17, 15) is 0 Å². The minimum atomic E-state index is 0.556. The third kappa shape index (κ3) is 4.46. The number of nitrogens with one attached hydrogen (secondary N) is 2. The van der Waals surface area contributed by atoms with Crippen molar-refractivity contribution in [3.05, 3.63) is 0 Å². The van der Waals surface area contributed by atoms with Crippen LogP contribution < -0.4 is 16.6 Å². The molecule has 1 saturated heterocycles. The number of hydrogen-bond donors (Lipinski definition) is 3. The molecule has 0 aromatic heterocycles. The Morgan fingerprint density at radius 3 is 2.50 bits per heavy atom. The van der Waals surface area contributed by atoms with Crippen LogP contribution in [0.2, 0.25) is 0 Å². The molecule has 0 bridgehead atoms. The molecule has 0 amide bonds. The van der Waals surface area contributed by atoms with Crippen molar-refractivity contribution in [3.63, 3.8) is 0 Å². The third-order valence-corrected chi connectivity index (χ3v) is 3.97. The Morgan fingerprint density at radius 2 is 1.83 bits per heavy atom. The molecule has 2 aliphatic rings. The van der Waals surface area contributed by atoms with Gasteiger partial charge in [0.15, 0.2) is 0 Å². The number of nitrogens with zero attached hydrogens (tertiary/aromatic N) is 2. The van der Waals surface area contributed by atoms with Crippen LogP contribution in [0.15, 0.2) is 4.99 Å². The van der Waals surface area contributed by atoms with E-state index >= 15 is 0 Å². The summed E-state index contributed by atoms with van der Waals surface area (Å²) in [5.41, 5.74) is 2.70. The Morgan fingerprint density at radius 1 is 1.11 bits per heavy atom. The van der Waals surface area contributed by atoms with Gasteiger partial charge in [0.1, 0.15) is 0 Å². The zero-order valence-electron chi connectivity index (χ0n) is 11.3. The molecule has 0 aromatic carbocycles. The van der Waals surface area contributed by atoms with Gasteiger partial charge in [-0.3, -0.25) is 10.4 Å². The fourth-order valence-corrected chi connectivity index (χ4v) is 2.88. The van der Waals surface area contributed by atoms with Gasteiger partial charge < -0.3 is 10.2 Å². The lowest BCUT2D eigenvalue weighted by molar-refractivity contribution is 0.348. The van der Waals surface area contributed by atoms with Crippen LogP contribution in [0.1, 0.15) is 44.9 Å². The van der Waals surface area contributed by atoms with Crippen molar-refractivity contribution in [3.8, 4) is 0 Å². The maximum atomic E-state index is 5.53. The second-order valence-electron chi connectivity index (χ2n) is 5.40. The Labute approximate surface area is 110 Å². The zero-order valence-corrected chi connectivity index (χ0v) is 11.3. The first-order valence-corrected chi connectivity index (χ1v) is 7.38. The molecule has 2 rings (SSSR count). The second-order valence-corrected chi connectivity index (χ2v) is 5.40. The van der Waals surface area contributed by atoms with Crippen LogP contribution in [0, 0.1) is 0 Å². The van der Waals surface area contributed by atoms with Gasteiger partial charge in [0.25, 0.3) is 0 Å². The SMILES string of the molecule is NNC(=NCCN1CCCC1)NC1CCCCC1. The summed E-state index contributed by atoms with van der Waals surface area (Å²) in [4.78, 5) is 7.00. The number of hydrazine groups is 1. The van der Waals surface area contributed by atoms with Crippen LogP contribution >= 0.6 is 0 Å². The molecule has 104 valence electrons. The quantitative estimate of drug-likeness (QED) is 0.300. The minimum Gasteiger partial charge on any atom is -0.353 e. The van der Waals surface area contributed by atoms with Gasteiger partial charge in [-0.1, -0.05) is 19.3 Å². The standard InChI is InChI=1S/C13H27N5/c14-17-13(16-12-6-2-1-3-7-12)15-8-11-18-9-4-5-10-18/h12H,1-11,14H2,(H2,15,16,17). The summed E-state index contributed by atoms with van der Waals surface area (Å²) in [6, 6.07) is 0.556. The molecular weight excluding hydrogens is 226 g/mol. The van der Waals surface area contributed by atoms with Crippen molar-refractivity contribution in [2.45, 2.75) is 51.0 Å². The Hall–Kier alpha value is -0.810. The summed E-state index contributed by atoms with van der Waals surface area (Å²) in [5, 5.41) is 3.43. The molecule has 1 heterocycles. The van der Waals surface area contributed by atoms with E-state index in [1.165, 1.54) is 58.0 Å². The van der Waals surface area contributed by atoms with E-state index in [1.807, 2.05) is 0 Å². The van der Waals surface area contributed by atoms with Crippen molar-refractivity contribution < 1.29 is 0 Å². The number of hydrogen-bond acceptors (Lipinski definition) is 3. The van der Waals surface area contributed by atoms with Gasteiger partial charge in [-0.25, -0.2) is 5.84 Å². The number of guanidine groups is 1. The molecule has 5 nitrogen and oxygen atoms in total. The highest BCUT2D eigenvalue weighted by Gasteiger charge is 2.14. The molecule has 4 N–H and O–H groups in total. The highest BCUT2D eigenvalue weighted by molar-refractivity contribution is 5.79. The zero-order chi connectivity index (χ0) is 12.6. The van der Waals surface area contributed by atoms with Gasteiger partial charge in [-0.2, -0.15) is 0 Å². The molecule has 1 aliphatic heterocycles. The normalized spacial score (nSPS) is 23.3. The molecule has 1 aliphatic carbocycles. The smallest absolute Gasteiger partial charge is 0.205 e. The molecule has 1 saturated carbocycles. The van der Waals surface area contributed by atoms with Crippen molar-refractivity contribution in [1.82, 2.24) is 15.6 Å². The van der Waals surface area contributed by atoms with Gasteiger partial charge in [0.2, 0.25) is 5.96 Å². The Kier molecular flexibility index (Phi) is 5.74. The van der Waals surface area contributed by atoms with Crippen LogP contribution in [-0.4, -0.2) is 43.1 Å². The molecule has 0 unspecified atom stereocenters. The van der Waals surface area contributed by atoms with Crippen LogP contribution in [0.5, 0.6) is 0 Å². The molecular formula is C13H27N5. The van der Waals surface area contributed by atoms with Gasteiger partial charge >= 0.3 is 0 Å². The van der Waals surface area contributed by atoms with Crippen molar-refractivity contribution in [1.29, 1.82) is 0 Å². The number of rotatable bonds is 4. The summed E-state index contributed by atoms with van der Waals surface area (Å²) in [5.74, 6) is 6.29. The first-order chi connectivity index (χ1) is 8.88. The first-order valence-electron chi connectivity index (χ1n) is 7.38. The Balaban J connectivity index is 1.68. The van der Waals surface area contributed by atoms with Crippen LogP contribution in [0.25, 0.3) is 0 Å². The fourth-order valence-electron chi connectivity index (χ4n) is 2.88. The molecule has 0 spiro atoms.